The van der Waals surface area contributed by atoms with Gasteiger partial charge in [0.15, 0.2) is 0 Å². The zero-order valence-electron chi connectivity index (χ0n) is 10.2. The first-order chi connectivity index (χ1) is 8.37. The number of nitrogens with zero attached hydrogens (tertiary/aromatic N) is 1. The highest BCUT2D eigenvalue weighted by Crippen LogP contribution is 2.16. The molecule has 18 heavy (non-hydrogen) atoms. The van der Waals surface area contributed by atoms with Crippen LogP contribution in [0.25, 0.3) is 0 Å². The number of nitrogens with two attached hydrogens (primary N) is 1. The quantitative estimate of drug-likeness (QED) is 0.637. The van der Waals surface area contributed by atoms with Gasteiger partial charge in [-0.3, -0.25) is 0 Å². The summed E-state index contributed by atoms with van der Waals surface area (Å²) in [4.78, 5) is 4.35. The van der Waals surface area contributed by atoms with Crippen LogP contribution in [0.5, 0.6) is 0 Å². The van der Waals surface area contributed by atoms with E-state index in [0.717, 1.165) is 5.56 Å². The van der Waals surface area contributed by atoms with E-state index in [4.69, 9.17) is 18.0 Å². The van der Waals surface area contributed by atoms with Gasteiger partial charge in [-0.2, -0.15) is 0 Å². The van der Waals surface area contributed by atoms with Crippen LogP contribution in [0, 0.1) is 6.92 Å². The number of aromatic nitrogens is 1. The summed E-state index contributed by atoms with van der Waals surface area (Å²) in [5.74, 6) is 0.462. The minimum absolute atomic E-state index is 0.0457. The van der Waals surface area contributed by atoms with Crippen molar-refractivity contribution < 1.29 is 8.42 Å². The van der Waals surface area contributed by atoms with Crippen molar-refractivity contribution in [1.29, 1.82) is 0 Å². The number of nitrogens with one attached hydrogen (secondary N) is 2. The molecule has 0 atom stereocenters. The van der Waals surface area contributed by atoms with E-state index in [2.05, 4.69) is 15.0 Å². The van der Waals surface area contributed by atoms with Crippen LogP contribution in [-0.4, -0.2) is 37.7 Å². The van der Waals surface area contributed by atoms with Gasteiger partial charge >= 0.3 is 0 Å². The van der Waals surface area contributed by atoms with Gasteiger partial charge in [0.1, 0.15) is 10.8 Å². The third kappa shape index (κ3) is 3.90. The average molecular weight is 288 g/mol. The molecular weight excluding hydrogens is 272 g/mol. The van der Waals surface area contributed by atoms with Crippen molar-refractivity contribution >= 4 is 33.0 Å². The third-order valence-corrected chi connectivity index (χ3v) is 3.95. The van der Waals surface area contributed by atoms with Gasteiger partial charge in [0.2, 0.25) is 10.0 Å². The van der Waals surface area contributed by atoms with Gasteiger partial charge in [-0.15, -0.1) is 0 Å². The lowest BCUT2D eigenvalue weighted by Gasteiger charge is -2.12. The lowest BCUT2D eigenvalue weighted by molar-refractivity contribution is 0.588. The summed E-state index contributed by atoms with van der Waals surface area (Å²) >= 11 is 4.95. The molecule has 0 saturated carbocycles. The molecule has 0 radical (unpaired) electrons. The molecule has 0 fully saturated rings. The number of aryl methyl sites for hydroxylation is 1. The Morgan fingerprint density at radius 3 is 2.78 bits per heavy atom. The fraction of sp³-hybridized carbons (Fsp3) is 0.400. The number of pyridine rings is 1. The van der Waals surface area contributed by atoms with Crippen LogP contribution in [0.15, 0.2) is 12.3 Å². The molecule has 1 aromatic rings. The Bertz CT molecular complexity index is 543. The SMILES string of the molecule is CNS(=O)(=O)CCNc1nccc(C)c1C(N)=S. The fourth-order valence-corrected chi connectivity index (χ4v) is 2.24. The van der Waals surface area contributed by atoms with Crippen LogP contribution >= 0.6 is 12.2 Å². The average Bonchev–Trinajstić information content (AvgIpc) is 2.28. The van der Waals surface area contributed by atoms with Crippen LogP contribution in [0.2, 0.25) is 0 Å². The Morgan fingerprint density at radius 2 is 2.22 bits per heavy atom. The predicted octanol–water partition coefficient (Wildman–Crippen LogP) is -0.0147. The molecule has 6 nitrogen and oxygen atoms in total. The van der Waals surface area contributed by atoms with Crippen LogP contribution < -0.4 is 15.8 Å². The van der Waals surface area contributed by atoms with Crippen molar-refractivity contribution in [2.24, 2.45) is 5.73 Å². The Kier molecular flexibility index (Phi) is 5.00. The Labute approximate surface area is 112 Å². The normalized spacial score (nSPS) is 11.2. The zero-order chi connectivity index (χ0) is 13.8. The molecule has 0 bridgehead atoms. The summed E-state index contributed by atoms with van der Waals surface area (Å²) in [6.07, 6.45) is 1.62. The van der Waals surface area contributed by atoms with E-state index in [1.54, 1.807) is 12.3 Å². The first-order valence-electron chi connectivity index (χ1n) is 5.28. The highest BCUT2D eigenvalue weighted by molar-refractivity contribution is 7.89. The van der Waals surface area contributed by atoms with Crippen LogP contribution in [-0.2, 0) is 10.0 Å². The number of hydrogen-bond donors (Lipinski definition) is 3. The maximum atomic E-state index is 11.3. The predicted molar refractivity (Wildman–Crippen MR) is 76.2 cm³/mol. The van der Waals surface area contributed by atoms with Crippen LogP contribution in [0.1, 0.15) is 11.1 Å². The molecule has 0 unspecified atom stereocenters. The highest BCUT2D eigenvalue weighted by Gasteiger charge is 2.11. The van der Waals surface area contributed by atoms with Gasteiger partial charge in [0.05, 0.1) is 11.3 Å². The molecule has 8 heteroatoms. The summed E-state index contributed by atoms with van der Waals surface area (Å²) in [5, 5.41) is 2.93. The number of thiocarbonyl (C=S) groups is 1. The maximum Gasteiger partial charge on any atom is 0.213 e. The smallest absolute Gasteiger partial charge is 0.213 e. The molecular formula is C10H16N4O2S2. The Hall–Kier alpha value is -1.25. The summed E-state index contributed by atoms with van der Waals surface area (Å²) in [7, 11) is -1.86. The minimum atomic E-state index is -3.24. The van der Waals surface area contributed by atoms with E-state index in [0.29, 0.717) is 11.4 Å². The minimum Gasteiger partial charge on any atom is -0.389 e. The summed E-state index contributed by atoms with van der Waals surface area (Å²) in [5.41, 5.74) is 7.17. The monoisotopic (exact) mass is 288 g/mol. The fourth-order valence-electron chi connectivity index (χ4n) is 1.41. The number of anilines is 1. The summed E-state index contributed by atoms with van der Waals surface area (Å²) in [6, 6.07) is 1.80. The molecule has 100 valence electrons. The van der Waals surface area contributed by atoms with Gasteiger partial charge in [-0.25, -0.2) is 18.1 Å². The first kappa shape index (κ1) is 14.8. The van der Waals surface area contributed by atoms with Crippen molar-refractivity contribution in [3.63, 3.8) is 0 Å². The van der Waals surface area contributed by atoms with Crippen molar-refractivity contribution in [3.05, 3.63) is 23.4 Å². The lowest BCUT2D eigenvalue weighted by Crippen LogP contribution is -2.27. The van der Waals surface area contributed by atoms with E-state index < -0.39 is 10.0 Å². The molecule has 0 aromatic carbocycles. The van der Waals surface area contributed by atoms with Gasteiger partial charge in [0, 0.05) is 12.7 Å². The van der Waals surface area contributed by atoms with Gasteiger partial charge in [-0.1, -0.05) is 12.2 Å². The number of hydrogen-bond acceptors (Lipinski definition) is 5. The van der Waals surface area contributed by atoms with E-state index >= 15 is 0 Å². The van der Waals surface area contributed by atoms with Crippen molar-refractivity contribution in [2.75, 3.05) is 24.7 Å². The van der Waals surface area contributed by atoms with E-state index in [1.165, 1.54) is 7.05 Å². The number of rotatable bonds is 6. The second-order valence-corrected chi connectivity index (χ2v) is 6.15. The molecule has 1 heterocycles. The van der Waals surface area contributed by atoms with Crippen molar-refractivity contribution in [1.82, 2.24) is 9.71 Å². The van der Waals surface area contributed by atoms with E-state index in [-0.39, 0.29) is 17.3 Å². The topological polar surface area (TPSA) is 97.1 Å². The Morgan fingerprint density at radius 1 is 1.56 bits per heavy atom. The molecule has 0 aliphatic rings. The van der Waals surface area contributed by atoms with Crippen LogP contribution in [0.3, 0.4) is 0 Å². The van der Waals surface area contributed by atoms with Crippen molar-refractivity contribution in [3.8, 4) is 0 Å². The molecule has 0 aliphatic carbocycles. The third-order valence-electron chi connectivity index (χ3n) is 2.38. The van der Waals surface area contributed by atoms with Gasteiger partial charge < -0.3 is 11.1 Å². The van der Waals surface area contributed by atoms with Gasteiger partial charge in [-0.05, 0) is 25.6 Å². The molecule has 1 rings (SSSR count). The molecule has 0 saturated heterocycles. The standard InChI is InChI=1S/C10H16N4O2S2/c1-7-3-4-13-10(8(7)9(11)17)14-5-6-18(15,16)12-2/h3-4,12H,5-6H2,1-2H3,(H2,11,17)(H,13,14). The molecule has 0 spiro atoms. The van der Waals surface area contributed by atoms with E-state index in [1.807, 2.05) is 6.92 Å². The van der Waals surface area contributed by atoms with Crippen LogP contribution in [0.4, 0.5) is 5.82 Å². The molecule has 0 aliphatic heterocycles. The summed E-state index contributed by atoms with van der Waals surface area (Å²) in [6.45, 7) is 2.10. The zero-order valence-corrected chi connectivity index (χ0v) is 11.9. The molecule has 1 aromatic heterocycles. The second kappa shape index (κ2) is 6.07. The second-order valence-electron chi connectivity index (χ2n) is 3.67. The maximum absolute atomic E-state index is 11.3. The lowest BCUT2D eigenvalue weighted by atomic mass is 10.1. The summed E-state index contributed by atoms with van der Waals surface area (Å²) < 4.78 is 24.7. The van der Waals surface area contributed by atoms with Gasteiger partial charge in [0.25, 0.3) is 0 Å². The first-order valence-corrected chi connectivity index (χ1v) is 7.34. The van der Waals surface area contributed by atoms with E-state index in [9.17, 15) is 8.42 Å². The van der Waals surface area contributed by atoms with Crippen molar-refractivity contribution in [2.45, 2.75) is 6.92 Å². The largest absolute Gasteiger partial charge is 0.389 e. The number of sulfonamides is 1. The highest BCUT2D eigenvalue weighted by atomic mass is 32.2. The Balaban J connectivity index is 2.80. The molecule has 4 N–H and O–H groups in total. The molecule has 0 amide bonds.